The van der Waals surface area contributed by atoms with E-state index in [-0.39, 0.29) is 15.9 Å². The Morgan fingerprint density at radius 1 is 1.35 bits per heavy atom. The van der Waals surface area contributed by atoms with E-state index in [0.29, 0.717) is 17.9 Å². The lowest BCUT2D eigenvalue weighted by Crippen LogP contribution is -2.22. The van der Waals surface area contributed by atoms with Crippen molar-refractivity contribution in [2.75, 3.05) is 20.3 Å². The topological polar surface area (TPSA) is 93.1 Å². The molecule has 0 bridgehead atoms. The number of benzene rings is 1. The van der Waals surface area contributed by atoms with Crippen LogP contribution in [-0.2, 0) is 9.59 Å². The summed E-state index contributed by atoms with van der Waals surface area (Å²) in [4.78, 5) is 35.5. The molecule has 0 saturated carbocycles. The van der Waals surface area contributed by atoms with Crippen LogP contribution in [-0.4, -0.2) is 47.4 Å². The normalized spacial score (nSPS) is 16.1. The lowest BCUT2D eigenvalue weighted by molar-refractivity contribution is -0.139. The third-order valence-corrected chi connectivity index (χ3v) is 3.88. The summed E-state index contributed by atoms with van der Waals surface area (Å²) >= 11 is 0.815. The van der Waals surface area contributed by atoms with Gasteiger partial charge in [0.1, 0.15) is 0 Å². The molecule has 7 nitrogen and oxygen atoms in total. The van der Waals surface area contributed by atoms with Gasteiger partial charge in [-0.25, -0.2) is 4.79 Å². The van der Waals surface area contributed by atoms with Gasteiger partial charge in [-0.15, -0.1) is 0 Å². The molecule has 0 atom stereocenters. The van der Waals surface area contributed by atoms with Gasteiger partial charge in [-0.3, -0.25) is 14.5 Å². The van der Waals surface area contributed by atoms with E-state index in [9.17, 15) is 14.4 Å². The van der Waals surface area contributed by atoms with Gasteiger partial charge in [-0.2, -0.15) is 0 Å². The van der Waals surface area contributed by atoms with Crippen LogP contribution >= 0.6 is 11.8 Å². The Hall–Kier alpha value is -2.48. The van der Waals surface area contributed by atoms with Gasteiger partial charge in [0.2, 0.25) is 0 Å². The summed E-state index contributed by atoms with van der Waals surface area (Å²) in [5.74, 6) is -0.944. The van der Waals surface area contributed by atoms with Crippen LogP contribution in [0.5, 0.6) is 11.5 Å². The fourth-order valence-corrected chi connectivity index (χ4v) is 2.71. The predicted molar refractivity (Wildman–Crippen MR) is 84.5 cm³/mol. The zero-order chi connectivity index (χ0) is 17.0. The molecule has 0 unspecified atom stereocenters. The highest BCUT2D eigenvalue weighted by Crippen LogP contribution is 2.37. The lowest BCUT2D eigenvalue weighted by Gasteiger charge is -2.13. The van der Waals surface area contributed by atoms with Crippen molar-refractivity contribution in [1.82, 2.24) is 4.90 Å². The van der Waals surface area contributed by atoms with Crippen molar-refractivity contribution < 1.29 is 29.0 Å². The Morgan fingerprint density at radius 3 is 2.65 bits per heavy atom. The fraction of sp³-hybridized carbons (Fsp3) is 0.267. The van der Waals surface area contributed by atoms with Gasteiger partial charge in [0.25, 0.3) is 11.1 Å². The highest BCUT2D eigenvalue weighted by Gasteiger charge is 2.32. The molecule has 2 rings (SSSR count). The molecule has 1 aliphatic heterocycles. The smallest absolute Gasteiger partial charge is 0.341 e. The number of hydrogen-bond acceptors (Lipinski definition) is 6. The number of aliphatic carboxylic acids is 1. The Bertz CT molecular complexity index is 685. The SMILES string of the molecule is CCOc1cccc(/C=C2\SC(=O)N(C)C2=O)c1OCC(=O)O. The summed E-state index contributed by atoms with van der Waals surface area (Å²) in [6.07, 6.45) is 1.49. The number of carboxylic acid groups (broad SMARTS) is 1. The molecule has 1 fully saturated rings. The number of hydrogen-bond donors (Lipinski definition) is 1. The lowest BCUT2D eigenvalue weighted by atomic mass is 10.1. The van der Waals surface area contributed by atoms with Gasteiger partial charge in [0, 0.05) is 12.6 Å². The first kappa shape index (κ1) is 16.9. The third-order valence-electron chi connectivity index (χ3n) is 2.92. The minimum absolute atomic E-state index is 0.222. The monoisotopic (exact) mass is 337 g/mol. The minimum atomic E-state index is -1.13. The van der Waals surface area contributed by atoms with E-state index in [1.165, 1.54) is 13.1 Å². The van der Waals surface area contributed by atoms with Crippen molar-refractivity contribution in [3.8, 4) is 11.5 Å². The molecule has 0 aliphatic carbocycles. The van der Waals surface area contributed by atoms with Crippen molar-refractivity contribution >= 4 is 35.0 Å². The molecule has 1 aliphatic rings. The predicted octanol–water partition coefficient (Wildman–Crippen LogP) is 2.21. The standard InChI is InChI=1S/C15H15NO6S/c1-3-21-10-6-4-5-9(13(10)22-8-12(17)18)7-11-14(19)16(2)15(20)23-11/h4-7H,3,8H2,1-2H3,(H,17,18)/b11-7-. The average Bonchev–Trinajstić information content (AvgIpc) is 2.74. The maximum Gasteiger partial charge on any atom is 0.341 e. The number of likely N-dealkylation sites (N-methyl/N-ethyl adjacent to an activating group) is 1. The molecular formula is C15H15NO6S. The van der Waals surface area contributed by atoms with Gasteiger partial charge in [-0.1, -0.05) is 12.1 Å². The second kappa shape index (κ2) is 7.19. The second-order valence-corrected chi connectivity index (χ2v) is 5.52. The minimum Gasteiger partial charge on any atom is -0.490 e. The van der Waals surface area contributed by atoms with Crippen molar-refractivity contribution in [3.05, 3.63) is 28.7 Å². The Morgan fingerprint density at radius 2 is 2.09 bits per heavy atom. The zero-order valence-electron chi connectivity index (χ0n) is 12.6. The van der Waals surface area contributed by atoms with Gasteiger partial charge < -0.3 is 14.6 Å². The average molecular weight is 337 g/mol. The molecule has 1 saturated heterocycles. The number of rotatable bonds is 6. The molecule has 1 aromatic carbocycles. The van der Waals surface area contributed by atoms with E-state index in [1.54, 1.807) is 25.1 Å². The summed E-state index contributed by atoms with van der Waals surface area (Å²) < 4.78 is 10.7. The second-order valence-electron chi connectivity index (χ2n) is 4.53. The Labute approximate surface area is 136 Å². The van der Waals surface area contributed by atoms with Crippen molar-refractivity contribution in [2.45, 2.75) is 6.92 Å². The van der Waals surface area contributed by atoms with Crippen LogP contribution in [0.25, 0.3) is 6.08 Å². The first-order valence-corrected chi connectivity index (χ1v) is 7.57. The van der Waals surface area contributed by atoms with E-state index in [0.717, 1.165) is 16.7 Å². The molecule has 23 heavy (non-hydrogen) atoms. The van der Waals surface area contributed by atoms with E-state index >= 15 is 0 Å². The number of carbonyl (C=O) groups excluding carboxylic acids is 2. The summed E-state index contributed by atoms with van der Waals surface area (Å²) in [5.41, 5.74) is 0.469. The fourth-order valence-electron chi connectivity index (χ4n) is 1.89. The van der Waals surface area contributed by atoms with Crippen molar-refractivity contribution in [1.29, 1.82) is 0 Å². The summed E-state index contributed by atoms with van der Waals surface area (Å²) in [5, 5.41) is 8.43. The van der Waals surface area contributed by atoms with Crippen LogP contribution in [0.4, 0.5) is 4.79 Å². The van der Waals surface area contributed by atoms with Gasteiger partial charge >= 0.3 is 5.97 Å². The molecule has 1 N–H and O–H groups in total. The van der Waals surface area contributed by atoms with Crippen LogP contribution in [0, 0.1) is 0 Å². The molecule has 0 aromatic heterocycles. The number of imide groups is 1. The van der Waals surface area contributed by atoms with E-state index in [4.69, 9.17) is 14.6 Å². The van der Waals surface area contributed by atoms with Crippen molar-refractivity contribution in [2.24, 2.45) is 0 Å². The number of carbonyl (C=O) groups is 3. The number of thioether (sulfide) groups is 1. The summed E-state index contributed by atoms with van der Waals surface area (Å²) in [6, 6.07) is 4.99. The van der Waals surface area contributed by atoms with Crippen LogP contribution in [0.2, 0.25) is 0 Å². The van der Waals surface area contributed by atoms with Crippen LogP contribution in [0.1, 0.15) is 12.5 Å². The molecule has 1 aromatic rings. The number of nitrogens with zero attached hydrogens (tertiary/aromatic N) is 1. The highest BCUT2D eigenvalue weighted by atomic mass is 32.2. The van der Waals surface area contributed by atoms with E-state index in [1.807, 2.05) is 0 Å². The van der Waals surface area contributed by atoms with Gasteiger partial charge in [0.05, 0.1) is 11.5 Å². The van der Waals surface area contributed by atoms with E-state index < -0.39 is 18.5 Å². The van der Waals surface area contributed by atoms with Crippen LogP contribution in [0.15, 0.2) is 23.1 Å². The zero-order valence-corrected chi connectivity index (χ0v) is 13.4. The quantitative estimate of drug-likeness (QED) is 0.795. The number of ether oxygens (including phenoxy) is 2. The van der Waals surface area contributed by atoms with Gasteiger partial charge in [-0.05, 0) is 30.8 Å². The first-order chi connectivity index (χ1) is 10.9. The van der Waals surface area contributed by atoms with Crippen LogP contribution in [0.3, 0.4) is 0 Å². The van der Waals surface area contributed by atoms with Gasteiger partial charge in [0.15, 0.2) is 18.1 Å². The molecule has 122 valence electrons. The maximum absolute atomic E-state index is 12.0. The molecule has 2 amide bonds. The third kappa shape index (κ3) is 3.84. The molecule has 1 heterocycles. The summed E-state index contributed by atoms with van der Waals surface area (Å²) in [7, 11) is 1.40. The Balaban J connectivity index is 2.41. The molecular weight excluding hydrogens is 322 g/mol. The molecule has 0 radical (unpaired) electrons. The van der Waals surface area contributed by atoms with Crippen LogP contribution < -0.4 is 9.47 Å². The first-order valence-electron chi connectivity index (χ1n) is 6.76. The van der Waals surface area contributed by atoms with Crippen molar-refractivity contribution in [3.63, 3.8) is 0 Å². The summed E-state index contributed by atoms with van der Waals surface area (Å²) in [6.45, 7) is 1.62. The maximum atomic E-state index is 12.0. The largest absolute Gasteiger partial charge is 0.490 e. The molecule has 8 heteroatoms. The number of amides is 2. The number of para-hydroxylation sites is 1. The Kier molecular flexibility index (Phi) is 5.28. The molecule has 0 spiro atoms. The number of carboxylic acids is 1. The highest BCUT2D eigenvalue weighted by molar-refractivity contribution is 8.18. The van der Waals surface area contributed by atoms with E-state index in [2.05, 4.69) is 0 Å².